The summed E-state index contributed by atoms with van der Waals surface area (Å²) in [6.45, 7) is 7.68. The fourth-order valence-corrected chi connectivity index (χ4v) is 3.42. The van der Waals surface area contributed by atoms with Gasteiger partial charge in [0.2, 0.25) is 5.95 Å². The summed E-state index contributed by atoms with van der Waals surface area (Å²) >= 11 is 0. The molecule has 9 heteroatoms. The average Bonchev–Trinajstić information content (AvgIpc) is 3.56. The molecule has 2 aromatic heterocycles. The minimum Gasteiger partial charge on any atom is -0.351 e. The summed E-state index contributed by atoms with van der Waals surface area (Å²) < 4.78 is 0. The van der Waals surface area contributed by atoms with E-state index in [2.05, 4.69) is 54.9 Å². The third kappa shape index (κ3) is 5.82. The number of hydrogen-bond acceptors (Lipinski definition) is 7. The zero-order chi connectivity index (χ0) is 22.3. The molecule has 0 atom stereocenters. The van der Waals surface area contributed by atoms with Gasteiger partial charge in [-0.2, -0.15) is 10.1 Å². The van der Waals surface area contributed by atoms with Gasteiger partial charge in [0.25, 0.3) is 5.91 Å². The molecule has 0 saturated heterocycles. The first kappa shape index (κ1) is 21.8. The Morgan fingerprint density at radius 3 is 2.62 bits per heavy atom. The van der Waals surface area contributed by atoms with Gasteiger partial charge in [0, 0.05) is 42.5 Å². The van der Waals surface area contributed by atoms with Gasteiger partial charge in [-0.25, -0.2) is 4.98 Å². The monoisotopic (exact) mass is 434 g/mol. The van der Waals surface area contributed by atoms with Crippen molar-refractivity contribution in [1.82, 2.24) is 30.4 Å². The molecule has 1 amide bonds. The van der Waals surface area contributed by atoms with Crippen LogP contribution in [0.2, 0.25) is 0 Å². The first-order valence-corrected chi connectivity index (χ1v) is 11.2. The number of likely N-dealkylation sites (N-methyl/N-ethyl adjacent to an activating group) is 1. The van der Waals surface area contributed by atoms with Gasteiger partial charge >= 0.3 is 0 Å². The molecular formula is C23H30N8O. The van der Waals surface area contributed by atoms with Crippen LogP contribution in [0.25, 0.3) is 0 Å². The highest BCUT2D eigenvalue weighted by atomic mass is 16.1. The minimum absolute atomic E-state index is 0.0729. The number of carbonyl (C=O) groups is 1. The Hall–Kier alpha value is -3.46. The average molecular weight is 435 g/mol. The lowest BCUT2D eigenvalue weighted by atomic mass is 10.2. The second-order valence-electron chi connectivity index (χ2n) is 7.86. The molecule has 4 N–H and O–H groups in total. The normalized spacial score (nSPS) is 13.2. The number of amides is 1. The Bertz CT molecular complexity index is 1020. The van der Waals surface area contributed by atoms with Gasteiger partial charge in [-0.1, -0.05) is 13.8 Å². The van der Waals surface area contributed by atoms with E-state index >= 15 is 0 Å². The molecule has 4 rings (SSSR count). The molecule has 0 radical (unpaired) electrons. The number of carbonyl (C=O) groups excluding carboxylic acids is 1. The molecule has 32 heavy (non-hydrogen) atoms. The Balaban J connectivity index is 1.31. The molecule has 0 spiro atoms. The summed E-state index contributed by atoms with van der Waals surface area (Å²) in [4.78, 5) is 23.4. The van der Waals surface area contributed by atoms with E-state index in [1.807, 2.05) is 18.2 Å². The molecule has 2 heterocycles. The molecular weight excluding hydrogens is 404 g/mol. The van der Waals surface area contributed by atoms with E-state index < -0.39 is 0 Å². The van der Waals surface area contributed by atoms with Crippen LogP contribution in [0.3, 0.4) is 0 Å². The van der Waals surface area contributed by atoms with Crippen molar-refractivity contribution in [3.05, 3.63) is 53.9 Å². The Morgan fingerprint density at radius 2 is 1.91 bits per heavy atom. The topological polar surface area (TPSA) is 111 Å². The molecule has 3 aromatic rings. The molecule has 1 fully saturated rings. The van der Waals surface area contributed by atoms with E-state index in [0.29, 0.717) is 29.8 Å². The van der Waals surface area contributed by atoms with Crippen LogP contribution in [0.1, 0.15) is 48.7 Å². The van der Waals surface area contributed by atoms with Crippen LogP contribution >= 0.6 is 0 Å². The van der Waals surface area contributed by atoms with Crippen molar-refractivity contribution in [3.8, 4) is 0 Å². The fourth-order valence-electron chi connectivity index (χ4n) is 3.42. The number of anilines is 4. The standard InChI is InChI=1S/C23H30N8O/c1-3-31(4-2)14-13-24-22(32)17-7-9-18(10-8-17)26-23-25-12-11-20(28-23)27-21-15-19(29-30-21)16-5-6-16/h7-12,15-16H,3-6,13-14H2,1-2H3,(H,24,32)(H3,25,26,27,28,29,30). The van der Waals surface area contributed by atoms with E-state index in [-0.39, 0.29) is 5.91 Å². The Morgan fingerprint density at radius 1 is 1.12 bits per heavy atom. The van der Waals surface area contributed by atoms with Gasteiger partial charge in [-0.3, -0.25) is 9.89 Å². The first-order chi connectivity index (χ1) is 15.6. The zero-order valence-electron chi connectivity index (χ0n) is 18.6. The molecule has 0 aliphatic heterocycles. The van der Waals surface area contributed by atoms with Crippen molar-refractivity contribution >= 4 is 29.2 Å². The zero-order valence-corrected chi connectivity index (χ0v) is 18.6. The van der Waals surface area contributed by atoms with Crippen LogP contribution in [0.4, 0.5) is 23.3 Å². The van der Waals surface area contributed by atoms with Gasteiger partial charge in [-0.15, -0.1) is 0 Å². The molecule has 0 unspecified atom stereocenters. The Labute approximate surface area is 188 Å². The largest absolute Gasteiger partial charge is 0.351 e. The molecule has 168 valence electrons. The SMILES string of the molecule is CCN(CC)CCNC(=O)c1ccc(Nc2nccc(Nc3cc(C4CC4)n[nH]3)n2)cc1. The van der Waals surface area contributed by atoms with E-state index in [1.54, 1.807) is 24.4 Å². The van der Waals surface area contributed by atoms with E-state index in [0.717, 1.165) is 36.8 Å². The number of benzene rings is 1. The molecule has 9 nitrogen and oxygen atoms in total. The summed E-state index contributed by atoms with van der Waals surface area (Å²) in [5.74, 6) is 2.46. The number of rotatable bonds is 11. The smallest absolute Gasteiger partial charge is 0.251 e. The predicted octanol–water partition coefficient (Wildman–Crippen LogP) is 3.64. The maximum atomic E-state index is 12.3. The lowest BCUT2D eigenvalue weighted by molar-refractivity contribution is 0.0949. The molecule has 1 aliphatic rings. The van der Waals surface area contributed by atoms with Crippen molar-refractivity contribution in [2.24, 2.45) is 0 Å². The van der Waals surface area contributed by atoms with Crippen molar-refractivity contribution in [1.29, 1.82) is 0 Å². The van der Waals surface area contributed by atoms with Gasteiger partial charge < -0.3 is 20.9 Å². The van der Waals surface area contributed by atoms with Crippen molar-refractivity contribution in [2.45, 2.75) is 32.6 Å². The van der Waals surface area contributed by atoms with Gasteiger partial charge in [0.05, 0.1) is 5.69 Å². The highest BCUT2D eigenvalue weighted by Gasteiger charge is 2.26. The van der Waals surface area contributed by atoms with Crippen LogP contribution < -0.4 is 16.0 Å². The predicted molar refractivity (Wildman–Crippen MR) is 126 cm³/mol. The number of hydrogen-bond donors (Lipinski definition) is 4. The number of aromatic amines is 1. The minimum atomic E-state index is -0.0729. The lowest BCUT2D eigenvalue weighted by Gasteiger charge is -2.18. The first-order valence-electron chi connectivity index (χ1n) is 11.2. The van der Waals surface area contributed by atoms with Crippen molar-refractivity contribution in [3.63, 3.8) is 0 Å². The van der Waals surface area contributed by atoms with Gasteiger partial charge in [-0.05, 0) is 56.3 Å². The maximum absolute atomic E-state index is 12.3. The van der Waals surface area contributed by atoms with Crippen LogP contribution in [0.5, 0.6) is 0 Å². The third-order valence-electron chi connectivity index (χ3n) is 5.52. The Kier molecular flexibility index (Phi) is 6.96. The van der Waals surface area contributed by atoms with E-state index in [9.17, 15) is 4.79 Å². The van der Waals surface area contributed by atoms with Crippen LogP contribution in [-0.4, -0.2) is 57.2 Å². The van der Waals surface area contributed by atoms with Gasteiger partial charge in [0.15, 0.2) is 0 Å². The highest BCUT2D eigenvalue weighted by Crippen LogP contribution is 2.39. The van der Waals surface area contributed by atoms with Crippen molar-refractivity contribution in [2.75, 3.05) is 36.8 Å². The molecule has 1 saturated carbocycles. The van der Waals surface area contributed by atoms with Gasteiger partial charge in [0.1, 0.15) is 11.6 Å². The second-order valence-corrected chi connectivity index (χ2v) is 7.86. The molecule has 0 bridgehead atoms. The van der Waals surface area contributed by atoms with Crippen LogP contribution in [0, 0.1) is 0 Å². The second kappa shape index (κ2) is 10.2. The quantitative estimate of drug-likeness (QED) is 0.365. The number of aromatic nitrogens is 4. The van der Waals surface area contributed by atoms with E-state index in [4.69, 9.17) is 0 Å². The number of nitrogens with zero attached hydrogens (tertiary/aromatic N) is 4. The highest BCUT2D eigenvalue weighted by molar-refractivity contribution is 5.94. The number of H-pyrrole nitrogens is 1. The van der Waals surface area contributed by atoms with Crippen molar-refractivity contribution < 1.29 is 4.79 Å². The molecule has 1 aromatic carbocycles. The lowest BCUT2D eigenvalue weighted by Crippen LogP contribution is -2.34. The summed E-state index contributed by atoms with van der Waals surface area (Å²) in [6.07, 6.45) is 4.11. The summed E-state index contributed by atoms with van der Waals surface area (Å²) in [5.41, 5.74) is 2.52. The summed E-state index contributed by atoms with van der Waals surface area (Å²) in [5, 5.41) is 16.7. The third-order valence-corrected chi connectivity index (χ3v) is 5.52. The maximum Gasteiger partial charge on any atom is 0.251 e. The van der Waals surface area contributed by atoms with Crippen LogP contribution in [0.15, 0.2) is 42.6 Å². The van der Waals surface area contributed by atoms with Crippen LogP contribution in [-0.2, 0) is 0 Å². The summed E-state index contributed by atoms with van der Waals surface area (Å²) in [6, 6.07) is 11.1. The fraction of sp³-hybridized carbons (Fsp3) is 0.391. The number of nitrogens with one attached hydrogen (secondary N) is 4. The van der Waals surface area contributed by atoms with E-state index in [1.165, 1.54) is 12.8 Å². The summed E-state index contributed by atoms with van der Waals surface area (Å²) in [7, 11) is 0. The molecule has 1 aliphatic carbocycles.